The normalized spacial score (nSPS) is 11.8. The molecule has 1 aromatic carbocycles. The minimum atomic E-state index is 0.701. The van der Waals surface area contributed by atoms with Crippen LogP contribution in [0.25, 0.3) is 0 Å². The van der Waals surface area contributed by atoms with Crippen LogP contribution in [0.4, 0.5) is 5.69 Å². The molecule has 102 valence electrons. The van der Waals surface area contributed by atoms with Crippen LogP contribution in [0.2, 0.25) is 0 Å². The Hall–Kier alpha value is -1.02. The van der Waals surface area contributed by atoms with Gasteiger partial charge in [0, 0.05) is 25.3 Å². The Labute approximate surface area is 112 Å². The summed E-state index contributed by atoms with van der Waals surface area (Å²) in [6.07, 6.45) is 0. The molecule has 0 radical (unpaired) electrons. The second-order valence-electron chi connectivity index (χ2n) is 6.17. The molecule has 0 aromatic heterocycles. The standard InChI is InChI=1S/C16H28N2/c1-12(2)9-18(10-13(3)4)11-15-7-6-14(5)16(17)8-15/h6-8,12-13H,9-11,17H2,1-5H3. The lowest BCUT2D eigenvalue weighted by atomic mass is 10.1. The highest BCUT2D eigenvalue weighted by molar-refractivity contribution is 5.48. The van der Waals surface area contributed by atoms with Crippen LogP contribution in [0.5, 0.6) is 0 Å². The van der Waals surface area contributed by atoms with Gasteiger partial charge in [-0.1, -0.05) is 39.8 Å². The Kier molecular flexibility index (Phi) is 5.67. The molecule has 0 saturated heterocycles. The van der Waals surface area contributed by atoms with Gasteiger partial charge in [0.25, 0.3) is 0 Å². The fourth-order valence-corrected chi connectivity index (χ4v) is 2.28. The van der Waals surface area contributed by atoms with Gasteiger partial charge < -0.3 is 5.73 Å². The number of rotatable bonds is 6. The van der Waals surface area contributed by atoms with E-state index in [0.29, 0.717) is 11.8 Å². The van der Waals surface area contributed by atoms with Crippen molar-refractivity contribution in [2.24, 2.45) is 11.8 Å². The van der Waals surface area contributed by atoms with Crippen LogP contribution in [-0.2, 0) is 6.54 Å². The fourth-order valence-electron chi connectivity index (χ4n) is 2.28. The number of nitrogens with zero attached hydrogens (tertiary/aromatic N) is 1. The Bertz CT molecular complexity index is 359. The molecule has 18 heavy (non-hydrogen) atoms. The topological polar surface area (TPSA) is 29.3 Å². The predicted octanol–water partition coefficient (Wildman–Crippen LogP) is 3.69. The van der Waals surface area contributed by atoms with Gasteiger partial charge in [-0.15, -0.1) is 0 Å². The summed E-state index contributed by atoms with van der Waals surface area (Å²) in [5.74, 6) is 1.40. The molecule has 1 rings (SSSR count). The largest absolute Gasteiger partial charge is 0.399 e. The van der Waals surface area contributed by atoms with E-state index in [1.54, 1.807) is 0 Å². The van der Waals surface area contributed by atoms with Crippen molar-refractivity contribution in [2.45, 2.75) is 41.2 Å². The lowest BCUT2D eigenvalue weighted by molar-refractivity contribution is 0.211. The van der Waals surface area contributed by atoms with Crippen molar-refractivity contribution in [3.05, 3.63) is 29.3 Å². The smallest absolute Gasteiger partial charge is 0.0346 e. The summed E-state index contributed by atoms with van der Waals surface area (Å²) in [6.45, 7) is 14.4. The van der Waals surface area contributed by atoms with Gasteiger partial charge in [0.05, 0.1) is 0 Å². The third kappa shape index (κ3) is 5.09. The van der Waals surface area contributed by atoms with E-state index < -0.39 is 0 Å². The number of aryl methyl sites for hydroxylation is 1. The molecule has 0 atom stereocenters. The van der Waals surface area contributed by atoms with Gasteiger partial charge in [-0.2, -0.15) is 0 Å². The molecule has 0 aliphatic carbocycles. The van der Waals surface area contributed by atoms with Crippen LogP contribution in [0.15, 0.2) is 18.2 Å². The molecule has 0 heterocycles. The number of benzene rings is 1. The molecule has 1 aromatic rings. The van der Waals surface area contributed by atoms with E-state index in [2.05, 4.69) is 57.7 Å². The number of nitrogens with two attached hydrogens (primary N) is 1. The lowest BCUT2D eigenvalue weighted by Gasteiger charge is -2.26. The summed E-state index contributed by atoms with van der Waals surface area (Å²) in [5, 5.41) is 0. The second-order valence-corrected chi connectivity index (χ2v) is 6.17. The summed E-state index contributed by atoms with van der Waals surface area (Å²) < 4.78 is 0. The first-order chi connectivity index (χ1) is 8.38. The molecule has 0 aliphatic rings. The van der Waals surface area contributed by atoms with Gasteiger partial charge in [0.15, 0.2) is 0 Å². The predicted molar refractivity (Wildman–Crippen MR) is 80.5 cm³/mol. The van der Waals surface area contributed by atoms with Gasteiger partial charge >= 0.3 is 0 Å². The maximum absolute atomic E-state index is 5.98. The Morgan fingerprint density at radius 3 is 2.06 bits per heavy atom. The SMILES string of the molecule is Cc1ccc(CN(CC(C)C)CC(C)C)cc1N. The molecule has 2 N–H and O–H groups in total. The summed E-state index contributed by atoms with van der Waals surface area (Å²) in [5.41, 5.74) is 9.37. The molecule has 0 spiro atoms. The number of hydrogen-bond donors (Lipinski definition) is 1. The number of nitrogen functional groups attached to an aromatic ring is 1. The third-order valence-corrected chi connectivity index (χ3v) is 3.00. The molecule has 2 heteroatoms. The number of anilines is 1. The molecule has 0 amide bonds. The number of hydrogen-bond acceptors (Lipinski definition) is 2. The first-order valence-electron chi connectivity index (χ1n) is 6.95. The summed E-state index contributed by atoms with van der Waals surface area (Å²) in [4.78, 5) is 2.53. The van der Waals surface area contributed by atoms with Crippen molar-refractivity contribution in [3.63, 3.8) is 0 Å². The zero-order valence-corrected chi connectivity index (χ0v) is 12.5. The van der Waals surface area contributed by atoms with Crippen molar-refractivity contribution in [3.8, 4) is 0 Å². The molecular formula is C16H28N2. The van der Waals surface area contributed by atoms with E-state index in [1.807, 2.05) is 0 Å². The van der Waals surface area contributed by atoms with E-state index >= 15 is 0 Å². The van der Waals surface area contributed by atoms with Crippen molar-refractivity contribution in [1.82, 2.24) is 4.90 Å². The summed E-state index contributed by atoms with van der Waals surface area (Å²) in [6, 6.07) is 6.43. The van der Waals surface area contributed by atoms with Crippen molar-refractivity contribution < 1.29 is 0 Å². The van der Waals surface area contributed by atoms with Crippen LogP contribution in [0.1, 0.15) is 38.8 Å². The Morgan fingerprint density at radius 1 is 1.06 bits per heavy atom. The quantitative estimate of drug-likeness (QED) is 0.778. The van der Waals surface area contributed by atoms with E-state index in [0.717, 1.165) is 30.9 Å². The molecule has 0 bridgehead atoms. The van der Waals surface area contributed by atoms with Crippen molar-refractivity contribution >= 4 is 5.69 Å². The molecule has 0 saturated carbocycles. The van der Waals surface area contributed by atoms with E-state index in [1.165, 1.54) is 5.56 Å². The molecular weight excluding hydrogens is 220 g/mol. The average Bonchev–Trinajstić information content (AvgIpc) is 2.21. The molecule has 2 nitrogen and oxygen atoms in total. The monoisotopic (exact) mass is 248 g/mol. The molecule has 0 unspecified atom stereocenters. The van der Waals surface area contributed by atoms with Crippen LogP contribution >= 0.6 is 0 Å². The highest BCUT2D eigenvalue weighted by atomic mass is 15.1. The van der Waals surface area contributed by atoms with Gasteiger partial charge in [0.2, 0.25) is 0 Å². The highest BCUT2D eigenvalue weighted by Crippen LogP contribution is 2.16. The first-order valence-corrected chi connectivity index (χ1v) is 6.95. The zero-order chi connectivity index (χ0) is 13.7. The molecule has 0 aliphatic heterocycles. The molecule has 0 fully saturated rings. The van der Waals surface area contributed by atoms with Gasteiger partial charge in [-0.3, -0.25) is 4.90 Å². The third-order valence-electron chi connectivity index (χ3n) is 3.00. The minimum Gasteiger partial charge on any atom is -0.399 e. The second kappa shape index (κ2) is 6.79. The first kappa shape index (κ1) is 15.0. The maximum atomic E-state index is 5.98. The maximum Gasteiger partial charge on any atom is 0.0346 e. The van der Waals surface area contributed by atoms with Gasteiger partial charge in [0.1, 0.15) is 0 Å². The van der Waals surface area contributed by atoms with E-state index in [9.17, 15) is 0 Å². The van der Waals surface area contributed by atoms with Crippen LogP contribution in [-0.4, -0.2) is 18.0 Å². The Morgan fingerprint density at radius 2 is 1.61 bits per heavy atom. The van der Waals surface area contributed by atoms with Crippen LogP contribution in [0.3, 0.4) is 0 Å². The van der Waals surface area contributed by atoms with Crippen molar-refractivity contribution in [1.29, 1.82) is 0 Å². The van der Waals surface area contributed by atoms with E-state index in [-0.39, 0.29) is 0 Å². The fraction of sp³-hybridized carbons (Fsp3) is 0.625. The van der Waals surface area contributed by atoms with Crippen LogP contribution < -0.4 is 5.73 Å². The van der Waals surface area contributed by atoms with Gasteiger partial charge in [-0.25, -0.2) is 0 Å². The van der Waals surface area contributed by atoms with E-state index in [4.69, 9.17) is 5.73 Å². The highest BCUT2D eigenvalue weighted by Gasteiger charge is 2.10. The zero-order valence-electron chi connectivity index (χ0n) is 12.5. The van der Waals surface area contributed by atoms with Crippen molar-refractivity contribution in [2.75, 3.05) is 18.8 Å². The van der Waals surface area contributed by atoms with Gasteiger partial charge in [-0.05, 0) is 36.0 Å². The Balaban J connectivity index is 2.71. The minimum absolute atomic E-state index is 0.701. The summed E-state index contributed by atoms with van der Waals surface area (Å²) >= 11 is 0. The average molecular weight is 248 g/mol. The lowest BCUT2D eigenvalue weighted by Crippen LogP contribution is -2.30. The summed E-state index contributed by atoms with van der Waals surface area (Å²) in [7, 11) is 0. The van der Waals surface area contributed by atoms with Crippen LogP contribution in [0, 0.1) is 18.8 Å².